The van der Waals surface area contributed by atoms with Crippen molar-refractivity contribution in [3.05, 3.63) is 33.2 Å². The molecule has 1 rings (SSSR count). The summed E-state index contributed by atoms with van der Waals surface area (Å²) in [5.74, 6) is 0.0626. The Morgan fingerprint density at radius 3 is 2.79 bits per heavy atom. The lowest BCUT2D eigenvalue weighted by Crippen LogP contribution is -2.26. The van der Waals surface area contributed by atoms with Gasteiger partial charge >= 0.3 is 0 Å². The summed E-state index contributed by atoms with van der Waals surface area (Å²) in [5, 5.41) is 19.1. The van der Waals surface area contributed by atoms with Gasteiger partial charge < -0.3 is 15.2 Å². The Morgan fingerprint density at radius 2 is 2.21 bits per heavy atom. The van der Waals surface area contributed by atoms with Crippen LogP contribution in [0.3, 0.4) is 0 Å². The van der Waals surface area contributed by atoms with E-state index in [9.17, 15) is 15.0 Å². The Hall–Kier alpha value is -0.490. The van der Waals surface area contributed by atoms with E-state index in [1.54, 1.807) is 0 Å². The number of aromatic nitrogens is 1. The first-order valence-corrected chi connectivity index (χ1v) is 4.92. The summed E-state index contributed by atoms with van der Waals surface area (Å²) >= 11 is 9.44. The van der Waals surface area contributed by atoms with Crippen LogP contribution in [0.5, 0.6) is 0 Å². The average molecular weight is 236 g/mol. The first kappa shape index (κ1) is 11.6. The van der Waals surface area contributed by atoms with Gasteiger partial charge in [0.1, 0.15) is 6.10 Å². The van der Waals surface area contributed by atoms with Gasteiger partial charge in [0.25, 0.3) is 5.56 Å². The minimum atomic E-state index is -1.27. The predicted octanol–water partition coefficient (Wildman–Crippen LogP) is 0.352. The Labute approximate surface area is 91.0 Å². The standard InChI is InChI=1S/C8H10ClNO3S/c9-4-1-5(8(13)10-2-4)7(12)6(11)3-14/h1-2,6-7,11-12,14H,3H2,(H,10,13). The molecule has 1 aromatic heterocycles. The zero-order valence-corrected chi connectivity index (χ0v) is 8.79. The number of pyridine rings is 1. The molecule has 3 N–H and O–H groups in total. The number of aliphatic hydroxyl groups excluding tert-OH is 2. The molecule has 1 aromatic rings. The SMILES string of the molecule is O=c1[nH]cc(Cl)cc1C(O)C(O)CS. The van der Waals surface area contributed by atoms with E-state index in [1.165, 1.54) is 12.3 Å². The van der Waals surface area contributed by atoms with E-state index in [-0.39, 0.29) is 11.3 Å². The van der Waals surface area contributed by atoms with Gasteiger partial charge in [0.15, 0.2) is 0 Å². The van der Waals surface area contributed by atoms with E-state index in [4.69, 9.17) is 11.6 Å². The summed E-state index contributed by atoms with van der Waals surface area (Å²) < 4.78 is 0. The molecule has 0 aliphatic heterocycles. The van der Waals surface area contributed by atoms with Gasteiger partial charge in [0, 0.05) is 17.5 Å². The van der Waals surface area contributed by atoms with Crippen LogP contribution in [0.2, 0.25) is 5.02 Å². The molecule has 0 aliphatic carbocycles. The summed E-state index contributed by atoms with van der Waals surface area (Å²) in [5.41, 5.74) is -0.429. The summed E-state index contributed by atoms with van der Waals surface area (Å²) in [6.45, 7) is 0. The van der Waals surface area contributed by atoms with Crippen molar-refractivity contribution in [2.75, 3.05) is 5.75 Å². The van der Waals surface area contributed by atoms with E-state index < -0.39 is 17.8 Å². The first-order valence-electron chi connectivity index (χ1n) is 3.91. The van der Waals surface area contributed by atoms with Crippen LogP contribution in [0.15, 0.2) is 17.1 Å². The minimum Gasteiger partial charge on any atom is -0.389 e. The lowest BCUT2D eigenvalue weighted by atomic mass is 10.1. The van der Waals surface area contributed by atoms with Crippen molar-refractivity contribution < 1.29 is 10.2 Å². The fraction of sp³-hybridized carbons (Fsp3) is 0.375. The van der Waals surface area contributed by atoms with Crippen molar-refractivity contribution in [3.8, 4) is 0 Å². The fourth-order valence-electron chi connectivity index (χ4n) is 1.00. The molecule has 4 nitrogen and oxygen atoms in total. The number of H-pyrrole nitrogens is 1. The molecule has 0 saturated heterocycles. The predicted molar refractivity (Wildman–Crippen MR) is 56.9 cm³/mol. The van der Waals surface area contributed by atoms with E-state index in [0.717, 1.165) is 0 Å². The highest BCUT2D eigenvalue weighted by atomic mass is 35.5. The van der Waals surface area contributed by atoms with E-state index in [1.807, 2.05) is 0 Å². The number of thiol groups is 1. The first-order chi connectivity index (χ1) is 6.56. The monoisotopic (exact) mass is 235 g/mol. The van der Waals surface area contributed by atoms with Crippen molar-refractivity contribution in [3.63, 3.8) is 0 Å². The zero-order chi connectivity index (χ0) is 10.7. The van der Waals surface area contributed by atoms with Gasteiger partial charge in [-0.25, -0.2) is 0 Å². The van der Waals surface area contributed by atoms with Crippen molar-refractivity contribution in [2.45, 2.75) is 12.2 Å². The van der Waals surface area contributed by atoms with Crippen LogP contribution >= 0.6 is 24.2 Å². The second kappa shape index (κ2) is 4.84. The third kappa shape index (κ3) is 2.51. The molecule has 0 radical (unpaired) electrons. The molecular weight excluding hydrogens is 226 g/mol. The van der Waals surface area contributed by atoms with Gasteiger partial charge in [-0.15, -0.1) is 0 Å². The molecule has 0 amide bonds. The van der Waals surface area contributed by atoms with E-state index in [0.29, 0.717) is 5.02 Å². The van der Waals surface area contributed by atoms with E-state index in [2.05, 4.69) is 17.6 Å². The lowest BCUT2D eigenvalue weighted by molar-refractivity contribution is 0.0329. The summed E-state index contributed by atoms with van der Waals surface area (Å²) in [6, 6.07) is 1.32. The van der Waals surface area contributed by atoms with Crippen LogP contribution in [-0.4, -0.2) is 27.1 Å². The Morgan fingerprint density at radius 1 is 1.57 bits per heavy atom. The molecule has 0 aromatic carbocycles. The van der Waals surface area contributed by atoms with Crippen molar-refractivity contribution in [1.82, 2.24) is 4.98 Å². The molecule has 0 spiro atoms. The van der Waals surface area contributed by atoms with Gasteiger partial charge in [-0.3, -0.25) is 4.79 Å². The topological polar surface area (TPSA) is 73.3 Å². The summed E-state index contributed by atoms with van der Waals surface area (Å²) in [4.78, 5) is 13.6. The normalized spacial score (nSPS) is 15.1. The van der Waals surface area contributed by atoms with Gasteiger partial charge in [0.05, 0.1) is 11.1 Å². The minimum absolute atomic E-state index is 0.0408. The largest absolute Gasteiger partial charge is 0.389 e. The molecule has 14 heavy (non-hydrogen) atoms. The van der Waals surface area contributed by atoms with Gasteiger partial charge in [-0.1, -0.05) is 11.6 Å². The van der Waals surface area contributed by atoms with Crippen molar-refractivity contribution >= 4 is 24.2 Å². The molecule has 0 bridgehead atoms. The second-order valence-electron chi connectivity index (χ2n) is 2.80. The number of rotatable bonds is 3. The Kier molecular flexibility index (Phi) is 4.00. The van der Waals surface area contributed by atoms with Crippen molar-refractivity contribution in [1.29, 1.82) is 0 Å². The van der Waals surface area contributed by atoms with Crippen molar-refractivity contribution in [2.24, 2.45) is 0 Å². The number of aliphatic hydroxyl groups is 2. The Bertz CT molecular complexity index is 368. The highest BCUT2D eigenvalue weighted by Crippen LogP contribution is 2.16. The summed E-state index contributed by atoms with van der Waals surface area (Å²) in [6.07, 6.45) is -1.04. The quantitative estimate of drug-likeness (QED) is 0.572. The third-order valence-corrected chi connectivity index (χ3v) is 2.36. The molecule has 2 unspecified atom stereocenters. The highest BCUT2D eigenvalue weighted by molar-refractivity contribution is 7.80. The highest BCUT2D eigenvalue weighted by Gasteiger charge is 2.19. The van der Waals surface area contributed by atoms with Crippen LogP contribution in [0.1, 0.15) is 11.7 Å². The van der Waals surface area contributed by atoms with Gasteiger partial charge in [0.2, 0.25) is 0 Å². The average Bonchev–Trinajstić information content (AvgIpc) is 2.19. The molecule has 2 atom stereocenters. The number of hydrogen-bond acceptors (Lipinski definition) is 4. The number of nitrogens with one attached hydrogen (secondary N) is 1. The molecular formula is C8H10ClNO3S. The van der Waals surface area contributed by atoms with Crippen LogP contribution in [0, 0.1) is 0 Å². The molecule has 1 heterocycles. The molecule has 0 aliphatic rings. The van der Waals surface area contributed by atoms with Gasteiger partial charge in [-0.2, -0.15) is 12.6 Å². The van der Waals surface area contributed by atoms with Gasteiger partial charge in [-0.05, 0) is 6.07 Å². The fourth-order valence-corrected chi connectivity index (χ4v) is 1.37. The Balaban J connectivity index is 3.05. The van der Waals surface area contributed by atoms with Crippen LogP contribution < -0.4 is 5.56 Å². The molecule has 0 saturated carbocycles. The molecule has 78 valence electrons. The van der Waals surface area contributed by atoms with Crippen LogP contribution in [0.25, 0.3) is 0 Å². The summed E-state index contributed by atoms with van der Waals surface area (Å²) in [7, 11) is 0. The zero-order valence-electron chi connectivity index (χ0n) is 7.14. The maximum atomic E-state index is 11.2. The number of halogens is 1. The number of hydrogen-bond donors (Lipinski definition) is 4. The smallest absolute Gasteiger partial charge is 0.253 e. The van der Waals surface area contributed by atoms with Crippen LogP contribution in [0.4, 0.5) is 0 Å². The number of aromatic amines is 1. The van der Waals surface area contributed by atoms with Crippen LogP contribution in [-0.2, 0) is 0 Å². The maximum absolute atomic E-state index is 11.2. The maximum Gasteiger partial charge on any atom is 0.253 e. The second-order valence-corrected chi connectivity index (χ2v) is 3.60. The lowest BCUT2D eigenvalue weighted by Gasteiger charge is -2.14. The third-order valence-electron chi connectivity index (χ3n) is 1.77. The van der Waals surface area contributed by atoms with E-state index >= 15 is 0 Å². The molecule has 0 fully saturated rings. The molecule has 6 heteroatoms.